The molecule has 0 bridgehead atoms. The number of rotatable bonds is 0. The van der Waals surface area contributed by atoms with Crippen molar-refractivity contribution in [2.24, 2.45) is 0 Å². The Morgan fingerprint density at radius 2 is 1.11 bits per heavy atom. The molecule has 3 aromatic rings. The molecule has 3 rings (SSSR count). The maximum absolute atomic E-state index is 5.55. The molecule has 0 atom stereocenters. The van der Waals surface area contributed by atoms with Gasteiger partial charge in [-0.25, -0.2) is 0 Å². The van der Waals surface area contributed by atoms with Gasteiger partial charge in [0.2, 0.25) is 0 Å². The quantitative estimate of drug-likeness (QED) is 0.402. The van der Waals surface area contributed by atoms with Gasteiger partial charge >= 0.3 is 0 Å². The van der Waals surface area contributed by atoms with Crippen molar-refractivity contribution < 1.29 is 0 Å². The standard InChI is InChI=1S/C18H10/c1-3-13-9-10-14(4-2)18-12-16-8-6-5-7-15(16)11-17(13)18/h1-2,5-12H. The lowest BCUT2D eigenvalue weighted by Gasteiger charge is -2.06. The number of benzene rings is 3. The highest BCUT2D eigenvalue weighted by atomic mass is 14.1. The maximum atomic E-state index is 5.55. The van der Waals surface area contributed by atoms with Crippen molar-refractivity contribution in [3.63, 3.8) is 0 Å². The topological polar surface area (TPSA) is 0 Å². The predicted molar refractivity (Wildman–Crippen MR) is 77.3 cm³/mol. The molecule has 0 heteroatoms. The van der Waals surface area contributed by atoms with Gasteiger partial charge in [0, 0.05) is 11.1 Å². The van der Waals surface area contributed by atoms with Crippen LogP contribution >= 0.6 is 0 Å². The first-order valence-corrected chi connectivity index (χ1v) is 5.72. The van der Waals surface area contributed by atoms with E-state index >= 15 is 0 Å². The number of fused-ring (bicyclic) bond motifs is 2. The molecule has 0 N–H and O–H groups in total. The van der Waals surface area contributed by atoms with E-state index in [1.165, 1.54) is 10.8 Å². The smallest absolute Gasteiger partial charge is 0.0322 e. The fraction of sp³-hybridized carbons (Fsp3) is 0. The summed E-state index contributed by atoms with van der Waals surface area (Å²) in [6.45, 7) is 0. The van der Waals surface area contributed by atoms with Gasteiger partial charge in [0.25, 0.3) is 0 Å². The summed E-state index contributed by atoms with van der Waals surface area (Å²) in [5.74, 6) is 5.43. The number of terminal acetylenes is 2. The van der Waals surface area contributed by atoms with Gasteiger partial charge in [-0.1, -0.05) is 36.1 Å². The van der Waals surface area contributed by atoms with E-state index in [0.717, 1.165) is 21.9 Å². The van der Waals surface area contributed by atoms with E-state index in [0.29, 0.717) is 0 Å². The number of hydrogen-bond donors (Lipinski definition) is 0. The summed E-state index contributed by atoms with van der Waals surface area (Å²) in [7, 11) is 0. The second kappa shape index (κ2) is 3.95. The minimum atomic E-state index is 0.884. The predicted octanol–water partition coefficient (Wildman–Crippen LogP) is 3.96. The molecule has 0 spiro atoms. The van der Waals surface area contributed by atoms with Crippen LogP contribution in [-0.2, 0) is 0 Å². The zero-order valence-corrected chi connectivity index (χ0v) is 9.77. The summed E-state index contributed by atoms with van der Waals surface area (Å²) in [4.78, 5) is 0. The van der Waals surface area contributed by atoms with Gasteiger partial charge in [0.1, 0.15) is 0 Å². The normalized spacial score (nSPS) is 10.1. The Balaban J connectivity index is 2.57. The second-order valence-corrected chi connectivity index (χ2v) is 4.19. The fourth-order valence-corrected chi connectivity index (χ4v) is 2.28. The van der Waals surface area contributed by atoms with Crippen molar-refractivity contribution in [1.29, 1.82) is 0 Å². The molecular formula is C18H10. The van der Waals surface area contributed by atoms with Crippen LogP contribution in [0.4, 0.5) is 0 Å². The van der Waals surface area contributed by atoms with Crippen molar-refractivity contribution in [2.45, 2.75) is 0 Å². The zero-order chi connectivity index (χ0) is 12.5. The first kappa shape index (κ1) is 10.5. The Bertz CT molecular complexity index is 767. The van der Waals surface area contributed by atoms with Crippen LogP contribution in [0.3, 0.4) is 0 Å². The average Bonchev–Trinajstić information content (AvgIpc) is 2.44. The third kappa shape index (κ3) is 1.45. The third-order valence-electron chi connectivity index (χ3n) is 3.19. The first-order valence-electron chi connectivity index (χ1n) is 5.72. The van der Waals surface area contributed by atoms with Gasteiger partial charge in [-0.2, -0.15) is 0 Å². The van der Waals surface area contributed by atoms with Crippen LogP contribution < -0.4 is 0 Å². The van der Waals surface area contributed by atoms with E-state index in [1.807, 2.05) is 24.3 Å². The van der Waals surface area contributed by atoms with Gasteiger partial charge in [-0.3, -0.25) is 0 Å². The van der Waals surface area contributed by atoms with Gasteiger partial charge in [-0.05, 0) is 45.8 Å². The second-order valence-electron chi connectivity index (χ2n) is 4.19. The van der Waals surface area contributed by atoms with Crippen LogP contribution in [0.25, 0.3) is 21.5 Å². The summed E-state index contributed by atoms with van der Waals surface area (Å²) in [6, 6.07) is 16.2. The third-order valence-corrected chi connectivity index (χ3v) is 3.19. The average molecular weight is 226 g/mol. The molecular weight excluding hydrogens is 216 g/mol. The SMILES string of the molecule is C#Cc1ccc(C#C)c2cc3ccccc3cc12. The molecule has 0 amide bonds. The van der Waals surface area contributed by atoms with Crippen LogP contribution in [0, 0.1) is 24.7 Å². The molecule has 0 radical (unpaired) electrons. The van der Waals surface area contributed by atoms with Crippen molar-refractivity contribution in [3.05, 3.63) is 59.7 Å². The Morgan fingerprint density at radius 1 is 0.667 bits per heavy atom. The molecule has 82 valence electrons. The Labute approximate surface area is 106 Å². The van der Waals surface area contributed by atoms with E-state index in [-0.39, 0.29) is 0 Å². The largest absolute Gasteiger partial charge is 0.115 e. The summed E-state index contributed by atoms with van der Waals surface area (Å²) in [5, 5.41) is 4.45. The van der Waals surface area contributed by atoms with Crippen LogP contribution in [0.1, 0.15) is 11.1 Å². The molecule has 0 nitrogen and oxygen atoms in total. The van der Waals surface area contributed by atoms with Crippen molar-refractivity contribution in [2.75, 3.05) is 0 Å². The van der Waals surface area contributed by atoms with E-state index in [2.05, 4.69) is 36.1 Å². The van der Waals surface area contributed by atoms with Crippen molar-refractivity contribution in [3.8, 4) is 24.7 Å². The summed E-state index contributed by atoms with van der Waals surface area (Å²) >= 11 is 0. The molecule has 3 aromatic carbocycles. The van der Waals surface area contributed by atoms with Crippen molar-refractivity contribution >= 4 is 21.5 Å². The molecule has 0 aliphatic heterocycles. The van der Waals surface area contributed by atoms with Gasteiger partial charge in [0.15, 0.2) is 0 Å². The summed E-state index contributed by atoms with van der Waals surface area (Å²) in [6.07, 6.45) is 11.1. The van der Waals surface area contributed by atoms with Crippen LogP contribution in [0.15, 0.2) is 48.5 Å². The van der Waals surface area contributed by atoms with Crippen molar-refractivity contribution in [1.82, 2.24) is 0 Å². The molecule has 0 aliphatic rings. The molecule has 0 aromatic heterocycles. The first-order chi connectivity index (χ1) is 8.83. The Kier molecular flexibility index (Phi) is 2.30. The lowest BCUT2D eigenvalue weighted by Crippen LogP contribution is -1.85. The van der Waals surface area contributed by atoms with Gasteiger partial charge in [0.05, 0.1) is 0 Å². The molecule has 0 fully saturated rings. The van der Waals surface area contributed by atoms with E-state index < -0.39 is 0 Å². The molecule has 18 heavy (non-hydrogen) atoms. The van der Waals surface area contributed by atoms with Crippen LogP contribution in [0.5, 0.6) is 0 Å². The minimum Gasteiger partial charge on any atom is -0.115 e. The van der Waals surface area contributed by atoms with E-state index in [1.54, 1.807) is 0 Å². The highest BCUT2D eigenvalue weighted by Gasteiger charge is 2.05. The lowest BCUT2D eigenvalue weighted by molar-refractivity contribution is 1.69. The van der Waals surface area contributed by atoms with Crippen LogP contribution in [-0.4, -0.2) is 0 Å². The minimum absolute atomic E-state index is 0.884. The monoisotopic (exact) mass is 226 g/mol. The maximum Gasteiger partial charge on any atom is 0.0322 e. The lowest BCUT2D eigenvalue weighted by atomic mass is 9.96. The Hall–Kier alpha value is -2.70. The summed E-state index contributed by atoms with van der Waals surface area (Å²) in [5.41, 5.74) is 1.77. The molecule has 0 heterocycles. The molecule has 0 unspecified atom stereocenters. The van der Waals surface area contributed by atoms with Gasteiger partial charge < -0.3 is 0 Å². The highest BCUT2D eigenvalue weighted by Crippen LogP contribution is 2.27. The van der Waals surface area contributed by atoms with Gasteiger partial charge in [-0.15, -0.1) is 12.8 Å². The molecule has 0 aliphatic carbocycles. The van der Waals surface area contributed by atoms with E-state index in [4.69, 9.17) is 12.8 Å². The number of hydrogen-bond acceptors (Lipinski definition) is 0. The Morgan fingerprint density at radius 3 is 1.50 bits per heavy atom. The fourth-order valence-electron chi connectivity index (χ4n) is 2.28. The molecule has 0 saturated carbocycles. The van der Waals surface area contributed by atoms with E-state index in [9.17, 15) is 0 Å². The highest BCUT2D eigenvalue weighted by molar-refractivity contribution is 6.03. The van der Waals surface area contributed by atoms with Crippen LogP contribution in [0.2, 0.25) is 0 Å². The summed E-state index contributed by atoms with van der Waals surface area (Å²) < 4.78 is 0. The zero-order valence-electron chi connectivity index (χ0n) is 9.77. The molecule has 0 saturated heterocycles.